The molecule has 1 N–H and O–H groups in total. The van der Waals surface area contributed by atoms with Crippen molar-refractivity contribution in [2.24, 2.45) is 0 Å². The monoisotopic (exact) mass is 377 g/mol. The molecule has 1 aromatic heterocycles. The summed E-state index contributed by atoms with van der Waals surface area (Å²) in [7, 11) is 3.85. The lowest BCUT2D eigenvalue weighted by molar-refractivity contribution is 0.0570. The molecule has 1 saturated heterocycles. The van der Waals surface area contributed by atoms with Crippen LogP contribution in [0.1, 0.15) is 27.6 Å². The molecule has 9 heteroatoms. The van der Waals surface area contributed by atoms with Gasteiger partial charge in [0.15, 0.2) is 0 Å². The number of ether oxygens (including phenoxy) is 1. The van der Waals surface area contributed by atoms with Crippen LogP contribution in [0.4, 0.5) is 4.79 Å². The fraction of sp³-hybridized carbons (Fsp3) is 0.556. The molecule has 0 bridgehead atoms. The summed E-state index contributed by atoms with van der Waals surface area (Å²) in [5, 5.41) is 2.80. The van der Waals surface area contributed by atoms with E-state index in [1.165, 1.54) is 12.4 Å². The zero-order valence-electron chi connectivity index (χ0n) is 16.1. The maximum absolute atomic E-state index is 12.7. The molecule has 1 aliphatic heterocycles. The average Bonchev–Trinajstić information content (AvgIpc) is 2.67. The summed E-state index contributed by atoms with van der Waals surface area (Å²) in [6.07, 6.45) is 2.54. The number of carbonyl (C=O) groups excluding carboxylic acids is 3. The van der Waals surface area contributed by atoms with E-state index in [9.17, 15) is 14.4 Å². The van der Waals surface area contributed by atoms with Gasteiger partial charge in [-0.3, -0.25) is 14.6 Å². The molecule has 27 heavy (non-hydrogen) atoms. The third-order valence-electron chi connectivity index (χ3n) is 4.18. The fourth-order valence-corrected chi connectivity index (χ4v) is 2.67. The summed E-state index contributed by atoms with van der Waals surface area (Å²) in [5.74, 6) is -0.458. The van der Waals surface area contributed by atoms with Crippen LogP contribution in [0.25, 0.3) is 0 Å². The fourth-order valence-electron chi connectivity index (χ4n) is 2.67. The lowest BCUT2D eigenvalue weighted by Crippen LogP contribution is -2.50. The smallest absolute Gasteiger partial charge is 0.409 e. The van der Waals surface area contributed by atoms with Gasteiger partial charge in [-0.2, -0.15) is 0 Å². The van der Waals surface area contributed by atoms with Gasteiger partial charge in [-0.1, -0.05) is 0 Å². The third-order valence-corrected chi connectivity index (χ3v) is 4.18. The van der Waals surface area contributed by atoms with Gasteiger partial charge in [0.2, 0.25) is 0 Å². The van der Waals surface area contributed by atoms with Gasteiger partial charge in [-0.05, 0) is 27.1 Å². The van der Waals surface area contributed by atoms with Crippen molar-refractivity contribution in [2.45, 2.75) is 6.92 Å². The number of piperazine rings is 1. The van der Waals surface area contributed by atoms with Crippen molar-refractivity contribution in [3.63, 3.8) is 0 Å². The van der Waals surface area contributed by atoms with Gasteiger partial charge in [0.05, 0.1) is 17.7 Å². The molecule has 9 nitrogen and oxygen atoms in total. The van der Waals surface area contributed by atoms with Crippen molar-refractivity contribution >= 4 is 17.9 Å². The summed E-state index contributed by atoms with van der Waals surface area (Å²) in [6, 6.07) is 1.55. The number of nitrogens with zero attached hydrogens (tertiary/aromatic N) is 4. The lowest BCUT2D eigenvalue weighted by Gasteiger charge is -2.34. The molecule has 3 amide bonds. The largest absolute Gasteiger partial charge is 0.450 e. The van der Waals surface area contributed by atoms with Gasteiger partial charge >= 0.3 is 6.09 Å². The highest BCUT2D eigenvalue weighted by molar-refractivity contribution is 5.99. The number of aromatic nitrogens is 1. The molecule has 1 aliphatic rings. The van der Waals surface area contributed by atoms with E-state index in [2.05, 4.69) is 10.3 Å². The Morgan fingerprint density at radius 2 is 1.74 bits per heavy atom. The van der Waals surface area contributed by atoms with Crippen LogP contribution in [0.2, 0.25) is 0 Å². The molecule has 0 aliphatic carbocycles. The van der Waals surface area contributed by atoms with Gasteiger partial charge in [-0.25, -0.2) is 4.79 Å². The molecule has 0 spiro atoms. The molecular weight excluding hydrogens is 350 g/mol. The van der Waals surface area contributed by atoms with E-state index in [0.717, 1.165) is 6.54 Å². The van der Waals surface area contributed by atoms with Crippen LogP contribution >= 0.6 is 0 Å². The van der Waals surface area contributed by atoms with Crippen molar-refractivity contribution < 1.29 is 19.1 Å². The number of hydrogen-bond acceptors (Lipinski definition) is 6. The summed E-state index contributed by atoms with van der Waals surface area (Å²) >= 11 is 0. The number of amides is 3. The molecule has 0 unspecified atom stereocenters. The molecule has 0 aromatic carbocycles. The summed E-state index contributed by atoms with van der Waals surface area (Å²) in [4.78, 5) is 45.9. The normalized spacial score (nSPS) is 14.2. The van der Waals surface area contributed by atoms with Crippen LogP contribution in [0.3, 0.4) is 0 Å². The molecule has 0 radical (unpaired) electrons. The van der Waals surface area contributed by atoms with Gasteiger partial charge in [0.25, 0.3) is 11.8 Å². The first-order valence-corrected chi connectivity index (χ1v) is 9.01. The number of likely N-dealkylation sites (N-methyl/N-ethyl adjacent to an activating group) is 1. The second-order valence-electron chi connectivity index (χ2n) is 6.50. The standard InChI is InChI=1S/C18H27N5O4/c1-4-27-18(26)23-9-7-22(8-10-23)17(25)15-11-14(12-19-13-15)16(24)20-5-6-21(2)3/h11-13H,4-10H2,1-3H3,(H,20,24). The number of rotatable bonds is 6. The predicted octanol–water partition coefficient (Wildman–Crippen LogP) is 0.287. The van der Waals surface area contributed by atoms with E-state index in [0.29, 0.717) is 50.5 Å². The van der Waals surface area contributed by atoms with Gasteiger partial charge in [-0.15, -0.1) is 0 Å². The number of pyridine rings is 1. The van der Waals surface area contributed by atoms with Crippen LogP contribution in [0.5, 0.6) is 0 Å². The molecule has 0 atom stereocenters. The first-order valence-electron chi connectivity index (χ1n) is 9.01. The quantitative estimate of drug-likeness (QED) is 0.766. The molecule has 2 heterocycles. The Balaban J connectivity index is 1.93. The minimum Gasteiger partial charge on any atom is -0.450 e. The van der Waals surface area contributed by atoms with E-state index in [1.807, 2.05) is 19.0 Å². The van der Waals surface area contributed by atoms with Gasteiger partial charge in [0.1, 0.15) is 0 Å². The van der Waals surface area contributed by atoms with Crippen molar-refractivity contribution in [3.8, 4) is 0 Å². The zero-order chi connectivity index (χ0) is 19.8. The van der Waals surface area contributed by atoms with Crippen LogP contribution < -0.4 is 5.32 Å². The van der Waals surface area contributed by atoms with E-state index in [-0.39, 0.29) is 17.9 Å². The van der Waals surface area contributed by atoms with Gasteiger partial charge < -0.3 is 24.8 Å². The second-order valence-corrected chi connectivity index (χ2v) is 6.50. The minimum absolute atomic E-state index is 0.200. The highest BCUT2D eigenvalue weighted by Gasteiger charge is 2.26. The first-order chi connectivity index (χ1) is 12.9. The topological polar surface area (TPSA) is 95.1 Å². The summed E-state index contributed by atoms with van der Waals surface area (Å²) in [6.45, 7) is 4.99. The van der Waals surface area contributed by atoms with E-state index in [1.54, 1.807) is 22.8 Å². The number of hydrogen-bond donors (Lipinski definition) is 1. The maximum atomic E-state index is 12.7. The Bertz CT molecular complexity index is 671. The lowest BCUT2D eigenvalue weighted by atomic mass is 10.1. The Kier molecular flexibility index (Phi) is 7.54. The molecule has 2 rings (SSSR count). The molecule has 0 saturated carbocycles. The molecular formula is C18H27N5O4. The highest BCUT2D eigenvalue weighted by Crippen LogP contribution is 2.11. The van der Waals surface area contributed by atoms with Crippen molar-refractivity contribution in [1.82, 2.24) is 25.0 Å². The van der Waals surface area contributed by atoms with Crippen LogP contribution in [0, 0.1) is 0 Å². The minimum atomic E-state index is -0.359. The maximum Gasteiger partial charge on any atom is 0.409 e. The van der Waals surface area contributed by atoms with Crippen LogP contribution in [0.15, 0.2) is 18.5 Å². The van der Waals surface area contributed by atoms with E-state index in [4.69, 9.17) is 4.74 Å². The highest BCUT2D eigenvalue weighted by atomic mass is 16.6. The Morgan fingerprint density at radius 3 is 2.37 bits per heavy atom. The summed E-state index contributed by atoms with van der Waals surface area (Å²) in [5.41, 5.74) is 0.713. The van der Waals surface area contributed by atoms with Crippen molar-refractivity contribution in [1.29, 1.82) is 0 Å². The van der Waals surface area contributed by atoms with Gasteiger partial charge in [0, 0.05) is 51.7 Å². The Morgan fingerprint density at radius 1 is 1.11 bits per heavy atom. The third kappa shape index (κ3) is 5.92. The number of carbonyl (C=O) groups is 3. The average molecular weight is 377 g/mol. The van der Waals surface area contributed by atoms with Crippen molar-refractivity contribution in [3.05, 3.63) is 29.6 Å². The number of nitrogens with one attached hydrogen (secondary N) is 1. The van der Waals surface area contributed by atoms with E-state index >= 15 is 0 Å². The predicted molar refractivity (Wildman–Crippen MR) is 99.6 cm³/mol. The molecule has 1 fully saturated rings. The Hall–Kier alpha value is -2.68. The second kappa shape index (κ2) is 9.86. The SMILES string of the molecule is CCOC(=O)N1CCN(C(=O)c2cncc(C(=O)NCCN(C)C)c2)CC1. The zero-order valence-corrected chi connectivity index (χ0v) is 16.1. The van der Waals surface area contributed by atoms with Crippen LogP contribution in [-0.4, -0.2) is 97.6 Å². The first kappa shape index (κ1) is 20.6. The molecule has 148 valence electrons. The van der Waals surface area contributed by atoms with Crippen molar-refractivity contribution in [2.75, 3.05) is 60.0 Å². The summed E-state index contributed by atoms with van der Waals surface area (Å²) < 4.78 is 4.98. The molecule has 1 aromatic rings. The van der Waals surface area contributed by atoms with E-state index < -0.39 is 0 Å². The Labute approximate surface area is 159 Å². The van der Waals surface area contributed by atoms with Crippen LogP contribution in [-0.2, 0) is 4.74 Å².